The van der Waals surface area contributed by atoms with E-state index in [1.165, 1.54) is 0 Å². The smallest absolute Gasteiger partial charge is 0.220 e. The second-order valence-electron chi connectivity index (χ2n) is 3.98. The van der Waals surface area contributed by atoms with Gasteiger partial charge in [-0.1, -0.05) is 6.92 Å². The summed E-state index contributed by atoms with van der Waals surface area (Å²) in [6.45, 7) is 4.02. The second-order valence-corrected chi connectivity index (χ2v) is 3.98. The van der Waals surface area contributed by atoms with E-state index in [4.69, 9.17) is 10.5 Å². The minimum atomic E-state index is 0.0819. The molecule has 82 valence electrons. The minimum absolute atomic E-state index is 0.0819. The van der Waals surface area contributed by atoms with Crippen molar-refractivity contribution in [3.63, 3.8) is 0 Å². The number of carbonyl (C=O) groups is 1. The van der Waals surface area contributed by atoms with Gasteiger partial charge in [0.2, 0.25) is 5.91 Å². The van der Waals surface area contributed by atoms with Crippen LogP contribution in [0.5, 0.6) is 0 Å². The van der Waals surface area contributed by atoms with Crippen LogP contribution in [0, 0.1) is 5.92 Å². The molecule has 3 N–H and O–H groups in total. The van der Waals surface area contributed by atoms with Crippen LogP contribution in [0.15, 0.2) is 0 Å². The van der Waals surface area contributed by atoms with Gasteiger partial charge >= 0.3 is 0 Å². The average molecular weight is 200 g/mol. The second kappa shape index (κ2) is 5.98. The van der Waals surface area contributed by atoms with Gasteiger partial charge in [0, 0.05) is 19.6 Å². The van der Waals surface area contributed by atoms with Gasteiger partial charge in [-0.2, -0.15) is 0 Å². The Bertz CT molecular complexity index is 179. The van der Waals surface area contributed by atoms with E-state index in [9.17, 15) is 4.79 Å². The number of nitrogens with two attached hydrogens (primary N) is 1. The molecular weight excluding hydrogens is 180 g/mol. The van der Waals surface area contributed by atoms with E-state index in [2.05, 4.69) is 5.32 Å². The van der Waals surface area contributed by atoms with Gasteiger partial charge in [0.05, 0.1) is 6.10 Å². The molecule has 0 aliphatic carbocycles. The Hall–Kier alpha value is -0.610. The molecule has 4 heteroatoms. The van der Waals surface area contributed by atoms with Gasteiger partial charge in [-0.05, 0) is 25.3 Å². The van der Waals surface area contributed by atoms with Crippen molar-refractivity contribution in [2.24, 2.45) is 11.7 Å². The van der Waals surface area contributed by atoms with Crippen molar-refractivity contribution in [2.75, 3.05) is 19.7 Å². The molecule has 1 heterocycles. The lowest BCUT2D eigenvalue weighted by molar-refractivity contribution is -0.122. The monoisotopic (exact) mass is 200 g/mol. The molecule has 1 rings (SSSR count). The van der Waals surface area contributed by atoms with Crippen LogP contribution in [0.25, 0.3) is 0 Å². The summed E-state index contributed by atoms with van der Waals surface area (Å²) in [6.07, 6.45) is 2.92. The number of rotatable bonds is 5. The maximum absolute atomic E-state index is 11.3. The predicted molar refractivity (Wildman–Crippen MR) is 54.8 cm³/mol. The fourth-order valence-corrected chi connectivity index (χ4v) is 1.50. The van der Waals surface area contributed by atoms with E-state index in [0.29, 0.717) is 19.5 Å². The summed E-state index contributed by atoms with van der Waals surface area (Å²) in [5.74, 6) is 0.345. The first-order chi connectivity index (χ1) is 6.72. The Kier molecular flexibility index (Phi) is 4.90. The number of amides is 1. The fraction of sp³-hybridized carbons (Fsp3) is 0.900. The summed E-state index contributed by atoms with van der Waals surface area (Å²) < 4.78 is 5.40. The predicted octanol–water partition coefficient (Wildman–Crippen LogP) is 0.267. The molecule has 2 atom stereocenters. The highest BCUT2D eigenvalue weighted by Gasteiger charge is 2.16. The van der Waals surface area contributed by atoms with Gasteiger partial charge in [0.1, 0.15) is 0 Å². The van der Waals surface area contributed by atoms with Crippen molar-refractivity contribution in [2.45, 2.75) is 32.3 Å². The Labute approximate surface area is 85.2 Å². The zero-order chi connectivity index (χ0) is 10.4. The van der Waals surface area contributed by atoms with Crippen LogP contribution < -0.4 is 11.1 Å². The van der Waals surface area contributed by atoms with E-state index < -0.39 is 0 Å². The third-order valence-corrected chi connectivity index (χ3v) is 2.49. The number of carbonyl (C=O) groups excluding carboxylic acids is 1. The van der Waals surface area contributed by atoms with Crippen molar-refractivity contribution in [3.8, 4) is 0 Å². The summed E-state index contributed by atoms with van der Waals surface area (Å²) in [5, 5.41) is 2.87. The van der Waals surface area contributed by atoms with Crippen LogP contribution in [0.2, 0.25) is 0 Å². The fourth-order valence-electron chi connectivity index (χ4n) is 1.50. The third-order valence-electron chi connectivity index (χ3n) is 2.49. The largest absolute Gasteiger partial charge is 0.376 e. The van der Waals surface area contributed by atoms with Crippen molar-refractivity contribution in [1.29, 1.82) is 0 Å². The summed E-state index contributed by atoms with van der Waals surface area (Å²) in [4.78, 5) is 11.3. The number of hydrogen-bond acceptors (Lipinski definition) is 3. The molecule has 1 amide bonds. The van der Waals surface area contributed by atoms with Crippen molar-refractivity contribution in [1.82, 2.24) is 5.32 Å². The average Bonchev–Trinajstić information content (AvgIpc) is 2.67. The number of nitrogens with one attached hydrogen (secondary N) is 1. The highest BCUT2D eigenvalue weighted by Crippen LogP contribution is 2.10. The van der Waals surface area contributed by atoms with Crippen LogP contribution in [0.1, 0.15) is 26.2 Å². The molecule has 0 bridgehead atoms. The Morgan fingerprint density at radius 1 is 1.71 bits per heavy atom. The van der Waals surface area contributed by atoms with Crippen LogP contribution in [-0.2, 0) is 9.53 Å². The zero-order valence-electron chi connectivity index (χ0n) is 8.79. The Morgan fingerprint density at radius 3 is 3.07 bits per heavy atom. The first-order valence-corrected chi connectivity index (χ1v) is 5.30. The maximum Gasteiger partial charge on any atom is 0.220 e. The molecular formula is C10H20N2O2. The molecule has 0 aromatic carbocycles. The lowest BCUT2D eigenvalue weighted by Gasteiger charge is -2.12. The van der Waals surface area contributed by atoms with E-state index >= 15 is 0 Å². The topological polar surface area (TPSA) is 64.4 Å². The van der Waals surface area contributed by atoms with Gasteiger partial charge in [0.25, 0.3) is 0 Å². The highest BCUT2D eigenvalue weighted by atomic mass is 16.5. The summed E-state index contributed by atoms with van der Waals surface area (Å²) >= 11 is 0. The molecule has 0 spiro atoms. The number of hydrogen-bond donors (Lipinski definition) is 2. The maximum atomic E-state index is 11.3. The quantitative estimate of drug-likeness (QED) is 0.669. The van der Waals surface area contributed by atoms with Crippen LogP contribution >= 0.6 is 0 Å². The Balaban J connectivity index is 2.08. The molecule has 4 nitrogen and oxygen atoms in total. The lowest BCUT2D eigenvalue weighted by Crippen LogP contribution is -2.33. The van der Waals surface area contributed by atoms with E-state index in [0.717, 1.165) is 19.4 Å². The normalized spacial score (nSPS) is 23.4. The molecule has 1 aliphatic rings. The molecule has 1 aliphatic heterocycles. The minimum Gasteiger partial charge on any atom is -0.376 e. The molecule has 14 heavy (non-hydrogen) atoms. The van der Waals surface area contributed by atoms with Crippen molar-refractivity contribution in [3.05, 3.63) is 0 Å². The molecule has 0 aromatic heterocycles. The van der Waals surface area contributed by atoms with Gasteiger partial charge < -0.3 is 15.8 Å². The van der Waals surface area contributed by atoms with E-state index in [1.807, 2.05) is 6.92 Å². The third kappa shape index (κ3) is 4.07. The first kappa shape index (κ1) is 11.5. The van der Waals surface area contributed by atoms with Gasteiger partial charge in [-0.3, -0.25) is 4.79 Å². The first-order valence-electron chi connectivity index (χ1n) is 5.30. The Morgan fingerprint density at radius 2 is 2.50 bits per heavy atom. The zero-order valence-corrected chi connectivity index (χ0v) is 8.79. The van der Waals surface area contributed by atoms with Crippen molar-refractivity contribution < 1.29 is 9.53 Å². The molecule has 1 fully saturated rings. The van der Waals surface area contributed by atoms with Crippen LogP contribution in [-0.4, -0.2) is 31.7 Å². The van der Waals surface area contributed by atoms with E-state index in [1.54, 1.807) is 0 Å². The van der Waals surface area contributed by atoms with Gasteiger partial charge in [-0.15, -0.1) is 0 Å². The molecule has 0 saturated carbocycles. The molecule has 2 unspecified atom stereocenters. The standard InChI is InChI=1S/C10H20N2O2/c1-8(6-11)5-10(13)12-7-9-3-2-4-14-9/h8-9H,2-7,11H2,1H3,(H,12,13). The number of ether oxygens (including phenoxy) is 1. The highest BCUT2D eigenvalue weighted by molar-refractivity contribution is 5.76. The summed E-state index contributed by atoms with van der Waals surface area (Å²) in [5.41, 5.74) is 5.43. The van der Waals surface area contributed by atoms with Crippen molar-refractivity contribution >= 4 is 5.91 Å². The SMILES string of the molecule is CC(CN)CC(=O)NCC1CCCO1. The molecule has 0 aromatic rings. The summed E-state index contributed by atoms with van der Waals surface area (Å²) in [6, 6.07) is 0. The molecule has 1 saturated heterocycles. The lowest BCUT2D eigenvalue weighted by atomic mass is 10.1. The van der Waals surface area contributed by atoms with Gasteiger partial charge in [-0.25, -0.2) is 0 Å². The van der Waals surface area contributed by atoms with E-state index in [-0.39, 0.29) is 17.9 Å². The molecule has 0 radical (unpaired) electrons. The van der Waals surface area contributed by atoms with Crippen LogP contribution in [0.4, 0.5) is 0 Å². The van der Waals surface area contributed by atoms with Gasteiger partial charge in [0.15, 0.2) is 0 Å². The van der Waals surface area contributed by atoms with Crippen LogP contribution in [0.3, 0.4) is 0 Å². The summed E-state index contributed by atoms with van der Waals surface area (Å²) in [7, 11) is 0.